The summed E-state index contributed by atoms with van der Waals surface area (Å²) in [7, 11) is -3.69. The zero-order valence-corrected chi connectivity index (χ0v) is 16.4. The van der Waals surface area contributed by atoms with E-state index in [-0.39, 0.29) is 16.2 Å². The summed E-state index contributed by atoms with van der Waals surface area (Å²) in [5.74, 6) is -2.32. The Morgan fingerprint density at radius 3 is 2.57 bits per heavy atom. The van der Waals surface area contributed by atoms with Crippen molar-refractivity contribution in [1.82, 2.24) is 0 Å². The number of nitrogens with one attached hydrogen (secondary N) is 1. The number of nitriles is 1. The fourth-order valence-corrected chi connectivity index (χ4v) is 3.98. The monoisotopic (exact) mass is 424 g/mol. The van der Waals surface area contributed by atoms with Crippen LogP contribution in [-0.2, 0) is 25.1 Å². The van der Waals surface area contributed by atoms with Crippen LogP contribution in [0.3, 0.4) is 0 Å². The molecule has 0 saturated carbocycles. The first-order valence-corrected chi connectivity index (χ1v) is 10.4. The molecule has 0 aliphatic rings. The summed E-state index contributed by atoms with van der Waals surface area (Å²) in [5.41, 5.74) is 0.873. The molecule has 0 aliphatic heterocycles. The highest BCUT2D eigenvalue weighted by Gasteiger charge is 2.24. The van der Waals surface area contributed by atoms with Crippen molar-refractivity contribution in [3.63, 3.8) is 0 Å². The molecule has 0 radical (unpaired) electrons. The number of rotatable bonds is 7. The minimum Gasteiger partial charge on any atom is -0.457 e. The highest BCUT2D eigenvalue weighted by atomic mass is 32.2. The van der Waals surface area contributed by atoms with Crippen molar-refractivity contribution >= 4 is 27.4 Å². The number of sulfone groups is 1. The standard InChI is InChI=1S/C21H16N2O6S/c22-12-15-5-4-6-17(11-15)23-19(24)13-29-21(25)20-16(9-10-28-20)14-30(26,27)18-7-2-1-3-8-18/h1-11H,13-14H2,(H,23,24). The molecule has 30 heavy (non-hydrogen) atoms. The third-order valence-corrected chi connectivity index (χ3v) is 5.67. The van der Waals surface area contributed by atoms with Gasteiger partial charge >= 0.3 is 5.97 Å². The quantitative estimate of drug-likeness (QED) is 0.578. The Kier molecular flexibility index (Phi) is 6.29. The maximum absolute atomic E-state index is 12.5. The van der Waals surface area contributed by atoms with Gasteiger partial charge in [0.2, 0.25) is 5.76 Å². The number of hydrogen-bond acceptors (Lipinski definition) is 7. The average molecular weight is 424 g/mol. The molecule has 1 amide bonds. The van der Waals surface area contributed by atoms with Gasteiger partial charge in [-0.05, 0) is 36.4 Å². The molecule has 3 aromatic rings. The summed E-state index contributed by atoms with van der Waals surface area (Å²) in [6, 6.07) is 17.4. The van der Waals surface area contributed by atoms with E-state index in [9.17, 15) is 18.0 Å². The summed E-state index contributed by atoms with van der Waals surface area (Å²) in [6.07, 6.45) is 1.18. The number of furan rings is 1. The van der Waals surface area contributed by atoms with Gasteiger partial charge in [-0.15, -0.1) is 0 Å². The maximum atomic E-state index is 12.5. The van der Waals surface area contributed by atoms with Gasteiger partial charge in [0.1, 0.15) is 0 Å². The maximum Gasteiger partial charge on any atom is 0.375 e. The summed E-state index contributed by atoms with van der Waals surface area (Å²) in [6.45, 7) is -0.610. The van der Waals surface area contributed by atoms with E-state index >= 15 is 0 Å². The van der Waals surface area contributed by atoms with E-state index in [2.05, 4.69) is 5.32 Å². The Balaban J connectivity index is 1.62. The molecule has 8 nitrogen and oxygen atoms in total. The third kappa shape index (κ3) is 5.12. The second-order valence-electron chi connectivity index (χ2n) is 6.16. The number of nitrogens with zero attached hydrogens (tertiary/aromatic N) is 1. The minimum atomic E-state index is -3.69. The van der Waals surface area contributed by atoms with E-state index < -0.39 is 34.1 Å². The predicted octanol–water partition coefficient (Wildman–Crippen LogP) is 2.92. The van der Waals surface area contributed by atoms with Crippen molar-refractivity contribution in [3.8, 4) is 6.07 Å². The first kappa shape index (κ1) is 20.8. The van der Waals surface area contributed by atoms with Crippen molar-refractivity contribution in [2.75, 3.05) is 11.9 Å². The molecule has 1 heterocycles. The van der Waals surface area contributed by atoms with E-state index in [4.69, 9.17) is 14.4 Å². The van der Waals surface area contributed by atoms with Crippen LogP contribution in [-0.4, -0.2) is 26.9 Å². The van der Waals surface area contributed by atoms with Crippen LogP contribution >= 0.6 is 0 Å². The molecule has 0 atom stereocenters. The highest BCUT2D eigenvalue weighted by Crippen LogP contribution is 2.20. The zero-order chi connectivity index (χ0) is 21.6. The summed E-state index contributed by atoms with van der Waals surface area (Å²) in [4.78, 5) is 24.4. The molecular weight excluding hydrogens is 408 g/mol. The van der Waals surface area contributed by atoms with Gasteiger partial charge in [-0.2, -0.15) is 5.26 Å². The topological polar surface area (TPSA) is 126 Å². The Hall–Kier alpha value is -3.90. The predicted molar refractivity (Wildman–Crippen MR) is 106 cm³/mol. The van der Waals surface area contributed by atoms with Gasteiger partial charge in [0.05, 0.1) is 28.5 Å². The van der Waals surface area contributed by atoms with Crippen LogP contribution in [0.1, 0.15) is 21.7 Å². The third-order valence-electron chi connectivity index (χ3n) is 3.99. The molecule has 0 spiro atoms. The zero-order valence-electron chi connectivity index (χ0n) is 15.6. The van der Waals surface area contributed by atoms with Crippen LogP contribution in [0.2, 0.25) is 0 Å². The Labute approximate surface area is 172 Å². The van der Waals surface area contributed by atoms with Crippen LogP contribution < -0.4 is 5.32 Å². The lowest BCUT2D eigenvalue weighted by atomic mass is 10.2. The molecule has 2 aromatic carbocycles. The number of benzene rings is 2. The van der Waals surface area contributed by atoms with Crippen LogP contribution in [0.5, 0.6) is 0 Å². The summed E-state index contributed by atoms with van der Waals surface area (Å²) >= 11 is 0. The van der Waals surface area contributed by atoms with Gasteiger partial charge in [0.25, 0.3) is 5.91 Å². The number of ether oxygens (including phenoxy) is 1. The summed E-state index contributed by atoms with van der Waals surface area (Å²) in [5, 5.41) is 11.4. The largest absolute Gasteiger partial charge is 0.457 e. The molecule has 152 valence electrons. The van der Waals surface area contributed by atoms with Gasteiger partial charge in [-0.25, -0.2) is 13.2 Å². The first-order chi connectivity index (χ1) is 14.4. The lowest BCUT2D eigenvalue weighted by Gasteiger charge is -2.07. The molecule has 1 N–H and O–H groups in total. The van der Waals surface area contributed by atoms with Crippen LogP contribution in [0.25, 0.3) is 0 Å². The molecule has 1 aromatic heterocycles. The van der Waals surface area contributed by atoms with Crippen molar-refractivity contribution in [2.45, 2.75) is 10.6 Å². The molecule has 3 rings (SSSR count). The molecule has 9 heteroatoms. The smallest absolute Gasteiger partial charge is 0.375 e. The van der Waals surface area contributed by atoms with Crippen LogP contribution in [0.4, 0.5) is 5.69 Å². The second-order valence-corrected chi connectivity index (χ2v) is 8.15. The van der Waals surface area contributed by atoms with Gasteiger partial charge in [-0.3, -0.25) is 4.79 Å². The van der Waals surface area contributed by atoms with E-state index in [0.717, 1.165) is 0 Å². The SMILES string of the molecule is N#Cc1cccc(NC(=O)COC(=O)c2occc2CS(=O)(=O)c2ccccc2)c1. The van der Waals surface area contributed by atoms with Gasteiger partial charge < -0.3 is 14.5 Å². The number of hydrogen-bond donors (Lipinski definition) is 1. The Bertz CT molecular complexity index is 1210. The van der Waals surface area contributed by atoms with Crippen molar-refractivity contribution in [2.24, 2.45) is 0 Å². The fraction of sp³-hybridized carbons (Fsp3) is 0.0952. The number of anilines is 1. The molecule has 0 aliphatic carbocycles. The molecule has 0 saturated heterocycles. The minimum absolute atomic E-state index is 0.115. The van der Waals surface area contributed by atoms with Crippen molar-refractivity contribution in [1.29, 1.82) is 5.26 Å². The number of amides is 1. The van der Waals surface area contributed by atoms with Crippen LogP contribution in [0, 0.1) is 11.3 Å². The Morgan fingerprint density at radius 2 is 1.83 bits per heavy atom. The summed E-state index contributed by atoms with van der Waals surface area (Å²) < 4.78 is 35.0. The lowest BCUT2D eigenvalue weighted by Crippen LogP contribution is -2.21. The molecule has 0 bridgehead atoms. The molecular formula is C21H16N2O6S. The van der Waals surface area contributed by atoms with E-state index in [0.29, 0.717) is 11.3 Å². The number of carbonyl (C=O) groups is 2. The second kappa shape index (κ2) is 9.07. The van der Waals surface area contributed by atoms with Gasteiger partial charge in [0, 0.05) is 11.3 Å². The lowest BCUT2D eigenvalue weighted by molar-refractivity contribution is -0.119. The van der Waals surface area contributed by atoms with E-state index in [1.807, 2.05) is 6.07 Å². The Morgan fingerprint density at radius 1 is 1.07 bits per heavy atom. The van der Waals surface area contributed by atoms with E-state index in [1.54, 1.807) is 36.4 Å². The van der Waals surface area contributed by atoms with Crippen molar-refractivity contribution in [3.05, 3.63) is 83.8 Å². The van der Waals surface area contributed by atoms with Crippen molar-refractivity contribution < 1.29 is 27.2 Å². The molecule has 0 unspecified atom stereocenters. The number of carbonyl (C=O) groups excluding carboxylic acids is 2. The fourth-order valence-electron chi connectivity index (χ4n) is 2.60. The molecule has 0 fully saturated rings. The van der Waals surface area contributed by atoms with Gasteiger partial charge in [-0.1, -0.05) is 24.3 Å². The van der Waals surface area contributed by atoms with Gasteiger partial charge in [0.15, 0.2) is 16.4 Å². The average Bonchev–Trinajstić information content (AvgIpc) is 3.20. The first-order valence-electron chi connectivity index (χ1n) is 8.70. The number of esters is 1. The normalized spacial score (nSPS) is 10.8. The highest BCUT2D eigenvalue weighted by molar-refractivity contribution is 7.90. The van der Waals surface area contributed by atoms with Crippen LogP contribution in [0.15, 0.2) is 76.2 Å². The van der Waals surface area contributed by atoms with E-state index in [1.165, 1.54) is 30.5 Å².